The van der Waals surface area contributed by atoms with Crippen LogP contribution in [0.15, 0.2) is 0 Å². The van der Waals surface area contributed by atoms with Gasteiger partial charge < -0.3 is 9.47 Å². The van der Waals surface area contributed by atoms with Gasteiger partial charge in [-0.3, -0.25) is 4.79 Å². The van der Waals surface area contributed by atoms with Crippen molar-refractivity contribution in [3.05, 3.63) is 0 Å². The molecule has 3 nitrogen and oxygen atoms in total. The zero-order valence-electron chi connectivity index (χ0n) is 7.00. The standard InChI is InChI=1S/C7H13BO3/c1-5(9)11-6-3-4-10-7(6)8-2/h6-8H,3-4H2,1-2H3. The van der Waals surface area contributed by atoms with Crippen LogP contribution in [0.25, 0.3) is 0 Å². The Labute approximate surface area is 67.3 Å². The molecule has 1 aliphatic rings. The lowest BCUT2D eigenvalue weighted by Crippen LogP contribution is -2.30. The fourth-order valence-electron chi connectivity index (χ4n) is 1.36. The fraction of sp³-hybridized carbons (Fsp3) is 0.857. The number of hydrogen-bond acceptors (Lipinski definition) is 3. The first kappa shape index (κ1) is 8.59. The first-order valence-electron chi connectivity index (χ1n) is 4.03. The van der Waals surface area contributed by atoms with Crippen LogP contribution in [0.1, 0.15) is 13.3 Å². The van der Waals surface area contributed by atoms with Gasteiger partial charge in [-0.25, -0.2) is 0 Å². The van der Waals surface area contributed by atoms with E-state index in [2.05, 4.69) is 0 Å². The van der Waals surface area contributed by atoms with Crippen molar-refractivity contribution in [2.45, 2.75) is 32.3 Å². The molecule has 1 heterocycles. The third-order valence-corrected chi connectivity index (χ3v) is 1.87. The first-order chi connectivity index (χ1) is 5.24. The van der Waals surface area contributed by atoms with Crippen molar-refractivity contribution in [2.75, 3.05) is 6.61 Å². The summed E-state index contributed by atoms with van der Waals surface area (Å²) in [5.74, 6) is -0.209. The molecular weight excluding hydrogens is 143 g/mol. The summed E-state index contributed by atoms with van der Waals surface area (Å²) < 4.78 is 10.4. The maximum atomic E-state index is 10.6. The Morgan fingerprint density at radius 2 is 2.45 bits per heavy atom. The highest BCUT2D eigenvalue weighted by Gasteiger charge is 2.29. The third kappa shape index (κ3) is 2.22. The van der Waals surface area contributed by atoms with Crippen LogP contribution in [0, 0.1) is 0 Å². The Morgan fingerprint density at radius 1 is 1.73 bits per heavy atom. The molecule has 0 aromatic rings. The SMILES string of the molecule is CBC1OCCC1OC(C)=O. The van der Waals surface area contributed by atoms with Gasteiger partial charge in [0.1, 0.15) is 6.10 Å². The molecule has 0 bridgehead atoms. The van der Waals surface area contributed by atoms with Gasteiger partial charge in [0.05, 0.1) is 6.00 Å². The molecule has 0 saturated carbocycles. The van der Waals surface area contributed by atoms with E-state index in [9.17, 15) is 4.79 Å². The van der Waals surface area contributed by atoms with Gasteiger partial charge in [-0.1, -0.05) is 6.82 Å². The molecule has 0 aromatic heterocycles. The summed E-state index contributed by atoms with van der Waals surface area (Å²) in [5.41, 5.74) is 0. The highest BCUT2D eigenvalue weighted by atomic mass is 16.6. The lowest BCUT2D eigenvalue weighted by Gasteiger charge is -2.15. The monoisotopic (exact) mass is 156 g/mol. The second-order valence-corrected chi connectivity index (χ2v) is 2.75. The highest BCUT2D eigenvalue weighted by molar-refractivity contribution is 6.35. The molecule has 2 atom stereocenters. The number of rotatable bonds is 2. The van der Waals surface area contributed by atoms with E-state index >= 15 is 0 Å². The molecule has 2 unspecified atom stereocenters. The number of esters is 1. The lowest BCUT2D eigenvalue weighted by molar-refractivity contribution is -0.147. The summed E-state index contributed by atoms with van der Waals surface area (Å²) in [6.45, 7) is 4.19. The van der Waals surface area contributed by atoms with Crippen molar-refractivity contribution in [2.24, 2.45) is 0 Å². The summed E-state index contributed by atoms with van der Waals surface area (Å²) in [4.78, 5) is 10.6. The van der Waals surface area contributed by atoms with E-state index in [4.69, 9.17) is 9.47 Å². The lowest BCUT2D eigenvalue weighted by atomic mass is 9.72. The Balaban J connectivity index is 2.37. The predicted molar refractivity (Wildman–Crippen MR) is 42.9 cm³/mol. The van der Waals surface area contributed by atoms with E-state index in [1.807, 2.05) is 6.82 Å². The van der Waals surface area contributed by atoms with Gasteiger partial charge in [0.25, 0.3) is 0 Å². The van der Waals surface area contributed by atoms with Crippen molar-refractivity contribution >= 4 is 13.2 Å². The van der Waals surface area contributed by atoms with Gasteiger partial charge in [-0.2, -0.15) is 0 Å². The fourth-order valence-corrected chi connectivity index (χ4v) is 1.36. The predicted octanol–water partition coefficient (Wildman–Crippen LogP) is 0.149. The molecular formula is C7H13BO3. The number of carbonyl (C=O) groups excluding carboxylic acids is 1. The van der Waals surface area contributed by atoms with Gasteiger partial charge in [0.15, 0.2) is 7.28 Å². The molecule has 0 spiro atoms. The molecule has 0 radical (unpaired) electrons. The minimum atomic E-state index is -0.209. The molecule has 0 aliphatic carbocycles. The molecule has 0 aromatic carbocycles. The summed E-state index contributed by atoms with van der Waals surface area (Å²) in [6, 6.07) is 0.124. The second-order valence-electron chi connectivity index (χ2n) is 2.75. The van der Waals surface area contributed by atoms with Crippen molar-refractivity contribution < 1.29 is 14.3 Å². The average Bonchev–Trinajstić information content (AvgIpc) is 2.34. The molecule has 1 saturated heterocycles. The summed E-state index contributed by atoms with van der Waals surface area (Å²) in [5, 5.41) is 0. The van der Waals surface area contributed by atoms with Crippen molar-refractivity contribution in [3.8, 4) is 0 Å². The number of hydrogen-bond donors (Lipinski definition) is 0. The second kappa shape index (κ2) is 3.76. The Kier molecular flexibility index (Phi) is 2.94. The van der Waals surface area contributed by atoms with E-state index in [1.54, 1.807) is 0 Å². The molecule has 1 rings (SSSR count). The van der Waals surface area contributed by atoms with Crippen LogP contribution in [0.4, 0.5) is 0 Å². The van der Waals surface area contributed by atoms with Crippen LogP contribution in [0.3, 0.4) is 0 Å². The molecule has 11 heavy (non-hydrogen) atoms. The number of carbonyl (C=O) groups is 1. The van der Waals surface area contributed by atoms with Crippen LogP contribution in [0.2, 0.25) is 6.82 Å². The van der Waals surface area contributed by atoms with Gasteiger partial charge in [-0.15, -0.1) is 0 Å². The first-order valence-corrected chi connectivity index (χ1v) is 4.03. The van der Waals surface area contributed by atoms with Gasteiger partial charge in [-0.05, 0) is 0 Å². The van der Waals surface area contributed by atoms with Gasteiger partial charge in [0, 0.05) is 20.0 Å². The Hall–Kier alpha value is -0.505. The summed E-state index contributed by atoms with van der Waals surface area (Å²) >= 11 is 0. The van der Waals surface area contributed by atoms with E-state index in [1.165, 1.54) is 6.92 Å². The minimum absolute atomic E-state index is 0.00231. The van der Waals surface area contributed by atoms with E-state index in [-0.39, 0.29) is 18.1 Å². The largest absolute Gasteiger partial charge is 0.461 e. The van der Waals surface area contributed by atoms with Gasteiger partial charge in [0.2, 0.25) is 0 Å². The van der Waals surface area contributed by atoms with Crippen LogP contribution in [0.5, 0.6) is 0 Å². The zero-order valence-corrected chi connectivity index (χ0v) is 7.00. The smallest absolute Gasteiger partial charge is 0.302 e. The minimum Gasteiger partial charge on any atom is -0.461 e. The molecule has 4 heteroatoms. The molecule has 1 fully saturated rings. The van der Waals surface area contributed by atoms with E-state index in [0.717, 1.165) is 20.3 Å². The zero-order chi connectivity index (χ0) is 8.27. The van der Waals surface area contributed by atoms with Crippen molar-refractivity contribution in [1.82, 2.24) is 0 Å². The summed E-state index contributed by atoms with van der Waals surface area (Å²) in [7, 11) is 0.915. The maximum Gasteiger partial charge on any atom is 0.302 e. The van der Waals surface area contributed by atoms with Crippen LogP contribution >= 0.6 is 0 Å². The molecule has 62 valence electrons. The molecule has 0 amide bonds. The Bertz CT molecular complexity index is 149. The third-order valence-electron chi connectivity index (χ3n) is 1.87. The van der Waals surface area contributed by atoms with Crippen LogP contribution < -0.4 is 0 Å². The molecule has 0 N–H and O–H groups in total. The van der Waals surface area contributed by atoms with Gasteiger partial charge >= 0.3 is 5.97 Å². The topological polar surface area (TPSA) is 35.5 Å². The summed E-state index contributed by atoms with van der Waals surface area (Å²) in [6.07, 6.45) is 0.843. The van der Waals surface area contributed by atoms with E-state index < -0.39 is 0 Å². The van der Waals surface area contributed by atoms with E-state index in [0.29, 0.717) is 0 Å². The molecule has 1 aliphatic heterocycles. The quantitative estimate of drug-likeness (QED) is 0.421. The van der Waals surface area contributed by atoms with Crippen molar-refractivity contribution in [3.63, 3.8) is 0 Å². The normalized spacial score (nSPS) is 30.0. The Morgan fingerprint density at radius 3 is 3.00 bits per heavy atom. The highest BCUT2D eigenvalue weighted by Crippen LogP contribution is 2.15. The number of ether oxygens (including phenoxy) is 2. The van der Waals surface area contributed by atoms with Crippen LogP contribution in [-0.2, 0) is 14.3 Å². The maximum absolute atomic E-state index is 10.6. The van der Waals surface area contributed by atoms with Crippen molar-refractivity contribution in [1.29, 1.82) is 0 Å². The van der Waals surface area contributed by atoms with Crippen LogP contribution in [-0.4, -0.2) is 32.0 Å². The average molecular weight is 156 g/mol.